The van der Waals surface area contributed by atoms with Crippen LogP contribution in [-0.4, -0.2) is 23.3 Å². The Morgan fingerprint density at radius 3 is 2.67 bits per heavy atom. The molecule has 3 rings (SSSR count). The number of rotatable bonds is 4. The van der Waals surface area contributed by atoms with E-state index >= 15 is 0 Å². The lowest BCUT2D eigenvalue weighted by molar-refractivity contribution is 0.566. The molecule has 0 spiro atoms. The van der Waals surface area contributed by atoms with Crippen LogP contribution >= 0.6 is 27.7 Å². The molecule has 0 saturated carbocycles. The molecule has 6 heteroatoms. The Balaban J connectivity index is 1.58. The SMILES string of the molecule is [C-]#[N+]c1ccc(N2CCC(Sc3ccc(CBr)cn3)CC2)c(F)c1. The molecule has 1 aromatic heterocycles. The summed E-state index contributed by atoms with van der Waals surface area (Å²) in [5.74, 6) is -0.304. The Kier molecular flexibility index (Phi) is 5.75. The van der Waals surface area contributed by atoms with Gasteiger partial charge in [0.15, 0.2) is 5.69 Å². The number of hydrogen-bond acceptors (Lipinski definition) is 3. The summed E-state index contributed by atoms with van der Waals surface area (Å²) in [6.07, 6.45) is 3.90. The maximum absolute atomic E-state index is 14.1. The van der Waals surface area contributed by atoms with Crippen molar-refractivity contribution >= 4 is 39.1 Å². The summed E-state index contributed by atoms with van der Waals surface area (Å²) in [6, 6.07) is 8.88. The minimum atomic E-state index is -0.304. The predicted octanol–water partition coefficient (Wildman–Crippen LogP) is 5.43. The zero-order chi connectivity index (χ0) is 16.9. The van der Waals surface area contributed by atoms with Crippen LogP contribution in [0.1, 0.15) is 18.4 Å². The summed E-state index contributed by atoms with van der Waals surface area (Å²) in [5.41, 5.74) is 2.12. The molecule has 0 amide bonds. The Morgan fingerprint density at radius 2 is 2.08 bits per heavy atom. The molecule has 2 aromatic rings. The fourth-order valence-electron chi connectivity index (χ4n) is 2.77. The number of hydrogen-bond donors (Lipinski definition) is 0. The Hall–Kier alpha value is -1.58. The first-order valence-corrected chi connectivity index (χ1v) is 9.79. The number of thioether (sulfide) groups is 1. The van der Waals surface area contributed by atoms with Gasteiger partial charge in [-0.25, -0.2) is 14.2 Å². The highest BCUT2D eigenvalue weighted by Crippen LogP contribution is 2.32. The second-order valence-corrected chi connectivity index (χ2v) is 7.57. The highest BCUT2D eigenvalue weighted by atomic mass is 79.9. The Morgan fingerprint density at radius 1 is 1.29 bits per heavy atom. The van der Waals surface area contributed by atoms with Gasteiger partial charge in [-0.05, 0) is 36.6 Å². The third-order valence-electron chi connectivity index (χ3n) is 4.08. The highest BCUT2D eigenvalue weighted by molar-refractivity contribution is 9.08. The third-order valence-corrected chi connectivity index (χ3v) is 6.02. The molecule has 0 bridgehead atoms. The van der Waals surface area contributed by atoms with Crippen LogP contribution in [0, 0.1) is 12.4 Å². The lowest BCUT2D eigenvalue weighted by Gasteiger charge is -2.33. The quantitative estimate of drug-likeness (QED) is 0.499. The molecule has 3 nitrogen and oxygen atoms in total. The van der Waals surface area contributed by atoms with Gasteiger partial charge in [0.2, 0.25) is 0 Å². The van der Waals surface area contributed by atoms with Crippen molar-refractivity contribution in [2.24, 2.45) is 0 Å². The van der Waals surface area contributed by atoms with Crippen LogP contribution < -0.4 is 4.90 Å². The second-order valence-electron chi connectivity index (χ2n) is 5.69. The van der Waals surface area contributed by atoms with Gasteiger partial charge in [-0.15, -0.1) is 11.8 Å². The molecule has 1 saturated heterocycles. The molecule has 0 aliphatic carbocycles. The summed E-state index contributed by atoms with van der Waals surface area (Å²) in [6.45, 7) is 8.60. The van der Waals surface area contributed by atoms with Crippen molar-refractivity contribution in [2.75, 3.05) is 18.0 Å². The molecule has 1 aliphatic rings. The highest BCUT2D eigenvalue weighted by Gasteiger charge is 2.22. The molecule has 1 aliphatic heterocycles. The summed E-state index contributed by atoms with van der Waals surface area (Å²) in [7, 11) is 0. The van der Waals surface area contributed by atoms with E-state index in [9.17, 15) is 4.39 Å². The third kappa shape index (κ3) is 4.08. The number of pyridine rings is 1. The molecule has 0 atom stereocenters. The zero-order valence-electron chi connectivity index (χ0n) is 13.1. The Bertz CT molecular complexity index is 737. The van der Waals surface area contributed by atoms with Gasteiger partial charge in [0, 0.05) is 29.9 Å². The van der Waals surface area contributed by atoms with Gasteiger partial charge in [0.05, 0.1) is 17.3 Å². The number of nitrogens with zero attached hydrogens (tertiary/aromatic N) is 3. The van der Waals surface area contributed by atoms with Crippen LogP contribution in [0.25, 0.3) is 4.85 Å². The van der Waals surface area contributed by atoms with Crippen LogP contribution in [0.4, 0.5) is 15.8 Å². The predicted molar refractivity (Wildman–Crippen MR) is 101 cm³/mol. The van der Waals surface area contributed by atoms with Crippen LogP contribution in [0.15, 0.2) is 41.6 Å². The van der Waals surface area contributed by atoms with Crippen LogP contribution in [0.3, 0.4) is 0 Å². The molecule has 0 N–H and O–H groups in total. The van der Waals surface area contributed by atoms with Crippen molar-refractivity contribution in [2.45, 2.75) is 28.4 Å². The van der Waals surface area contributed by atoms with Crippen LogP contribution in [0.2, 0.25) is 0 Å². The number of halogens is 2. The van der Waals surface area contributed by atoms with E-state index < -0.39 is 0 Å². The van der Waals surface area contributed by atoms with E-state index in [1.807, 2.05) is 6.20 Å². The van der Waals surface area contributed by atoms with Crippen molar-refractivity contribution in [3.8, 4) is 0 Å². The lowest BCUT2D eigenvalue weighted by Crippen LogP contribution is -2.35. The van der Waals surface area contributed by atoms with Crippen molar-refractivity contribution < 1.29 is 4.39 Å². The number of piperidine rings is 1. The zero-order valence-corrected chi connectivity index (χ0v) is 15.5. The molecular weight excluding hydrogens is 389 g/mol. The molecule has 2 heterocycles. The van der Waals surface area contributed by atoms with E-state index in [0.29, 0.717) is 16.6 Å². The van der Waals surface area contributed by atoms with Gasteiger partial charge in [-0.2, -0.15) is 0 Å². The first-order chi connectivity index (χ1) is 11.7. The number of anilines is 1. The van der Waals surface area contributed by atoms with E-state index in [2.05, 4.69) is 42.8 Å². The van der Waals surface area contributed by atoms with E-state index in [1.165, 1.54) is 11.6 Å². The smallest absolute Gasteiger partial charge is 0.190 e. The summed E-state index contributed by atoms with van der Waals surface area (Å²) >= 11 is 5.23. The molecule has 124 valence electrons. The molecule has 0 unspecified atom stereocenters. The average molecular weight is 406 g/mol. The monoisotopic (exact) mass is 405 g/mol. The van der Waals surface area contributed by atoms with Crippen molar-refractivity contribution in [3.63, 3.8) is 0 Å². The number of alkyl halides is 1. The number of benzene rings is 1. The minimum Gasteiger partial charge on any atom is -0.369 e. The maximum atomic E-state index is 14.1. The van der Waals surface area contributed by atoms with Crippen molar-refractivity contribution in [3.05, 3.63) is 59.3 Å². The summed E-state index contributed by atoms with van der Waals surface area (Å²) in [4.78, 5) is 9.82. The number of aromatic nitrogens is 1. The maximum Gasteiger partial charge on any atom is 0.190 e. The van der Waals surface area contributed by atoms with Gasteiger partial charge >= 0.3 is 0 Å². The Labute approximate surface area is 154 Å². The van der Waals surface area contributed by atoms with Crippen molar-refractivity contribution in [1.82, 2.24) is 4.98 Å². The van der Waals surface area contributed by atoms with Crippen LogP contribution in [0.5, 0.6) is 0 Å². The van der Waals surface area contributed by atoms with Gasteiger partial charge in [0.25, 0.3) is 0 Å². The fourth-order valence-corrected chi connectivity index (χ4v) is 4.15. The van der Waals surface area contributed by atoms with Gasteiger partial charge in [0.1, 0.15) is 5.82 Å². The lowest BCUT2D eigenvalue weighted by atomic mass is 10.1. The normalized spacial score (nSPS) is 15.3. The van der Waals surface area contributed by atoms with Gasteiger partial charge in [-0.1, -0.05) is 28.1 Å². The van der Waals surface area contributed by atoms with Gasteiger partial charge < -0.3 is 4.90 Å². The van der Waals surface area contributed by atoms with Gasteiger partial charge in [-0.3, -0.25) is 0 Å². The minimum absolute atomic E-state index is 0.304. The van der Waals surface area contributed by atoms with E-state index in [-0.39, 0.29) is 5.82 Å². The summed E-state index contributed by atoms with van der Waals surface area (Å²) in [5, 5.41) is 2.38. The van der Waals surface area contributed by atoms with E-state index in [4.69, 9.17) is 6.57 Å². The molecule has 1 fully saturated rings. The molecule has 24 heavy (non-hydrogen) atoms. The largest absolute Gasteiger partial charge is 0.369 e. The first-order valence-electron chi connectivity index (χ1n) is 7.79. The van der Waals surface area contributed by atoms with Crippen LogP contribution in [-0.2, 0) is 5.33 Å². The van der Waals surface area contributed by atoms with E-state index in [0.717, 1.165) is 36.3 Å². The second kappa shape index (κ2) is 8.00. The summed E-state index contributed by atoms with van der Waals surface area (Å²) < 4.78 is 14.1. The topological polar surface area (TPSA) is 20.5 Å². The standard InChI is InChI=1S/C18H17BrFN3S/c1-21-14-3-4-17(16(20)10-14)23-8-6-15(7-9-23)24-18-5-2-13(11-19)12-22-18/h2-5,10,12,15H,6-9,11H2. The fraction of sp³-hybridized carbons (Fsp3) is 0.333. The van der Waals surface area contributed by atoms with E-state index in [1.54, 1.807) is 23.9 Å². The van der Waals surface area contributed by atoms with Crippen molar-refractivity contribution in [1.29, 1.82) is 0 Å². The molecular formula is C18H17BrFN3S. The average Bonchev–Trinajstić information content (AvgIpc) is 2.63. The molecule has 0 radical (unpaired) electrons. The molecule has 1 aromatic carbocycles. The first kappa shape index (κ1) is 17.2.